The SMILES string of the molecule is CN1CCCC1CNc1ccc(C(N)=S)c2ccccc12. The Bertz CT molecular complexity index is 668. The number of nitrogens with two attached hydrogens (primary N) is 1. The molecule has 0 aromatic heterocycles. The molecule has 0 bridgehead atoms. The Hall–Kier alpha value is -1.65. The van der Waals surface area contributed by atoms with Crippen molar-refractivity contribution in [1.29, 1.82) is 0 Å². The lowest BCUT2D eigenvalue weighted by atomic mass is 10.0. The second-order valence-corrected chi connectivity index (χ2v) is 6.17. The van der Waals surface area contributed by atoms with E-state index in [0.29, 0.717) is 11.0 Å². The van der Waals surface area contributed by atoms with Crippen LogP contribution in [0.1, 0.15) is 18.4 Å². The summed E-state index contributed by atoms with van der Waals surface area (Å²) in [6.45, 7) is 2.18. The van der Waals surface area contributed by atoms with Crippen LogP contribution in [-0.4, -0.2) is 36.1 Å². The van der Waals surface area contributed by atoms with E-state index in [-0.39, 0.29) is 0 Å². The van der Waals surface area contributed by atoms with Gasteiger partial charge in [0.2, 0.25) is 0 Å². The van der Waals surface area contributed by atoms with Gasteiger partial charge in [-0.3, -0.25) is 0 Å². The van der Waals surface area contributed by atoms with Crippen molar-refractivity contribution in [3.05, 3.63) is 42.0 Å². The molecule has 1 aliphatic rings. The molecule has 4 heteroatoms. The highest BCUT2D eigenvalue weighted by Crippen LogP contribution is 2.27. The fourth-order valence-electron chi connectivity index (χ4n) is 3.13. The van der Waals surface area contributed by atoms with E-state index in [1.165, 1.54) is 24.8 Å². The van der Waals surface area contributed by atoms with Crippen molar-refractivity contribution in [2.75, 3.05) is 25.5 Å². The van der Waals surface area contributed by atoms with Gasteiger partial charge in [0.15, 0.2) is 0 Å². The van der Waals surface area contributed by atoms with Gasteiger partial charge in [-0.25, -0.2) is 0 Å². The third kappa shape index (κ3) is 2.87. The van der Waals surface area contributed by atoms with Gasteiger partial charge < -0.3 is 16.0 Å². The van der Waals surface area contributed by atoms with Crippen LogP contribution in [0.2, 0.25) is 0 Å². The molecule has 0 saturated carbocycles. The summed E-state index contributed by atoms with van der Waals surface area (Å²) in [7, 11) is 2.20. The molecule has 0 amide bonds. The summed E-state index contributed by atoms with van der Waals surface area (Å²) in [6, 6.07) is 13.0. The van der Waals surface area contributed by atoms with Crippen molar-refractivity contribution in [2.24, 2.45) is 5.73 Å². The molecule has 1 aliphatic heterocycles. The van der Waals surface area contributed by atoms with Crippen LogP contribution in [0.5, 0.6) is 0 Å². The molecule has 1 fully saturated rings. The van der Waals surface area contributed by atoms with Gasteiger partial charge in [0.25, 0.3) is 0 Å². The predicted octanol–water partition coefficient (Wildman–Crippen LogP) is 2.98. The average Bonchev–Trinajstić information content (AvgIpc) is 2.89. The minimum atomic E-state index is 0.452. The summed E-state index contributed by atoms with van der Waals surface area (Å²) in [4.78, 5) is 2.88. The predicted molar refractivity (Wildman–Crippen MR) is 94.0 cm³/mol. The van der Waals surface area contributed by atoms with Crippen molar-refractivity contribution < 1.29 is 0 Å². The van der Waals surface area contributed by atoms with Crippen molar-refractivity contribution in [3.63, 3.8) is 0 Å². The third-order valence-corrected chi connectivity index (χ3v) is 4.61. The van der Waals surface area contributed by atoms with Crippen LogP contribution in [0.3, 0.4) is 0 Å². The molecule has 0 spiro atoms. The highest BCUT2D eigenvalue weighted by molar-refractivity contribution is 7.80. The molecule has 3 N–H and O–H groups in total. The first-order chi connectivity index (χ1) is 10.2. The average molecular weight is 299 g/mol. The number of rotatable bonds is 4. The molecule has 0 radical (unpaired) electrons. The number of fused-ring (bicyclic) bond motifs is 1. The Morgan fingerprint density at radius 3 is 2.71 bits per heavy atom. The van der Waals surface area contributed by atoms with Crippen LogP contribution in [0, 0.1) is 0 Å². The molecular formula is C17H21N3S. The largest absolute Gasteiger partial charge is 0.389 e. The van der Waals surface area contributed by atoms with Crippen molar-refractivity contribution in [1.82, 2.24) is 4.90 Å². The highest BCUT2D eigenvalue weighted by atomic mass is 32.1. The number of anilines is 1. The van der Waals surface area contributed by atoms with Crippen molar-refractivity contribution in [3.8, 4) is 0 Å². The topological polar surface area (TPSA) is 41.3 Å². The fourth-order valence-corrected chi connectivity index (χ4v) is 3.31. The van der Waals surface area contributed by atoms with Gasteiger partial charge in [-0.15, -0.1) is 0 Å². The Morgan fingerprint density at radius 1 is 1.29 bits per heavy atom. The van der Waals surface area contributed by atoms with E-state index in [2.05, 4.69) is 41.5 Å². The molecule has 1 atom stereocenters. The summed E-state index contributed by atoms with van der Waals surface area (Å²) >= 11 is 5.15. The summed E-state index contributed by atoms with van der Waals surface area (Å²) in [5.41, 5.74) is 7.93. The number of likely N-dealkylation sites (N-methyl/N-ethyl adjacent to an activating group) is 1. The quantitative estimate of drug-likeness (QED) is 0.852. The zero-order chi connectivity index (χ0) is 14.8. The van der Waals surface area contributed by atoms with Crippen LogP contribution < -0.4 is 11.1 Å². The Kier molecular flexibility index (Phi) is 4.08. The van der Waals surface area contributed by atoms with Gasteiger partial charge in [0.05, 0.1) is 0 Å². The zero-order valence-corrected chi connectivity index (χ0v) is 13.1. The van der Waals surface area contributed by atoms with Crippen LogP contribution in [-0.2, 0) is 0 Å². The number of nitrogens with one attached hydrogen (secondary N) is 1. The summed E-state index contributed by atoms with van der Waals surface area (Å²) in [5, 5.41) is 5.90. The molecular weight excluding hydrogens is 278 g/mol. The number of thiocarbonyl (C=S) groups is 1. The molecule has 21 heavy (non-hydrogen) atoms. The molecule has 1 unspecified atom stereocenters. The van der Waals surface area contributed by atoms with E-state index in [1.54, 1.807) is 0 Å². The van der Waals surface area contributed by atoms with E-state index in [9.17, 15) is 0 Å². The van der Waals surface area contributed by atoms with Gasteiger partial charge in [0, 0.05) is 29.2 Å². The lowest BCUT2D eigenvalue weighted by Gasteiger charge is -2.21. The van der Waals surface area contributed by atoms with Gasteiger partial charge >= 0.3 is 0 Å². The molecule has 0 aliphatic carbocycles. The maximum Gasteiger partial charge on any atom is 0.104 e. The van der Waals surface area contributed by atoms with E-state index >= 15 is 0 Å². The summed E-state index contributed by atoms with van der Waals surface area (Å²) < 4.78 is 0. The Morgan fingerprint density at radius 2 is 2.05 bits per heavy atom. The molecule has 3 rings (SSSR count). The lowest BCUT2D eigenvalue weighted by molar-refractivity contribution is 0.322. The van der Waals surface area contributed by atoms with Crippen molar-refractivity contribution >= 4 is 33.7 Å². The number of hydrogen-bond donors (Lipinski definition) is 2. The number of nitrogens with zero attached hydrogens (tertiary/aromatic N) is 1. The minimum Gasteiger partial charge on any atom is -0.389 e. The fraction of sp³-hybridized carbons (Fsp3) is 0.353. The Labute approximate surface area is 131 Å². The first kappa shape index (κ1) is 14.3. The smallest absolute Gasteiger partial charge is 0.104 e. The lowest BCUT2D eigenvalue weighted by Crippen LogP contribution is -2.31. The zero-order valence-electron chi connectivity index (χ0n) is 12.3. The molecule has 110 valence electrons. The van der Waals surface area contributed by atoms with E-state index in [0.717, 1.165) is 23.2 Å². The number of likely N-dealkylation sites (tertiary alicyclic amines) is 1. The molecule has 3 nitrogen and oxygen atoms in total. The molecule has 2 aromatic carbocycles. The Balaban J connectivity index is 1.89. The van der Waals surface area contributed by atoms with Gasteiger partial charge in [-0.2, -0.15) is 0 Å². The van der Waals surface area contributed by atoms with Crippen LogP contribution in [0.15, 0.2) is 36.4 Å². The van der Waals surface area contributed by atoms with E-state index < -0.39 is 0 Å². The standard InChI is InChI=1S/C17H21N3S/c1-20-10-4-5-12(20)11-19-16-9-8-15(17(18)21)13-6-2-3-7-14(13)16/h2-3,6-9,12,19H,4-5,10-11H2,1H3,(H2,18,21). The van der Waals surface area contributed by atoms with Gasteiger partial charge in [-0.05, 0) is 44.0 Å². The number of benzene rings is 2. The minimum absolute atomic E-state index is 0.452. The highest BCUT2D eigenvalue weighted by Gasteiger charge is 2.20. The normalized spacial score (nSPS) is 19.0. The molecule has 1 heterocycles. The van der Waals surface area contributed by atoms with Crippen molar-refractivity contribution in [2.45, 2.75) is 18.9 Å². The second kappa shape index (κ2) is 6.00. The van der Waals surface area contributed by atoms with Crippen LogP contribution in [0.4, 0.5) is 5.69 Å². The van der Waals surface area contributed by atoms with Gasteiger partial charge in [-0.1, -0.05) is 36.5 Å². The number of hydrogen-bond acceptors (Lipinski definition) is 3. The molecule has 2 aromatic rings. The third-order valence-electron chi connectivity index (χ3n) is 4.39. The van der Waals surface area contributed by atoms with E-state index in [4.69, 9.17) is 18.0 Å². The first-order valence-corrected chi connectivity index (χ1v) is 7.83. The van der Waals surface area contributed by atoms with Crippen LogP contribution >= 0.6 is 12.2 Å². The second-order valence-electron chi connectivity index (χ2n) is 5.73. The van der Waals surface area contributed by atoms with Gasteiger partial charge in [0.1, 0.15) is 4.99 Å². The first-order valence-electron chi connectivity index (χ1n) is 7.42. The summed E-state index contributed by atoms with van der Waals surface area (Å²) in [6.07, 6.45) is 2.57. The maximum atomic E-state index is 5.83. The maximum absolute atomic E-state index is 5.83. The van der Waals surface area contributed by atoms with E-state index in [1.807, 2.05) is 12.1 Å². The van der Waals surface area contributed by atoms with Crippen LogP contribution in [0.25, 0.3) is 10.8 Å². The monoisotopic (exact) mass is 299 g/mol. The summed E-state index contributed by atoms with van der Waals surface area (Å²) in [5.74, 6) is 0. The molecule has 1 saturated heterocycles.